The van der Waals surface area contributed by atoms with Crippen LogP contribution in [0.4, 0.5) is 5.69 Å². The van der Waals surface area contributed by atoms with Crippen LogP contribution in [0.5, 0.6) is 11.5 Å². The number of ether oxygens (including phenoxy) is 2. The molecule has 1 amide bonds. The van der Waals surface area contributed by atoms with Crippen molar-refractivity contribution in [3.8, 4) is 11.5 Å². The molecule has 1 N–H and O–H groups in total. The lowest BCUT2D eigenvalue weighted by Gasteiger charge is -2.11. The Morgan fingerprint density at radius 1 is 1.04 bits per heavy atom. The summed E-state index contributed by atoms with van der Waals surface area (Å²) in [6.45, 7) is 6.81. The Balaban J connectivity index is 1.82. The van der Waals surface area contributed by atoms with Crippen molar-refractivity contribution < 1.29 is 14.3 Å². The number of carbonyl (C=O) groups is 1. The molecule has 4 heteroatoms. The molecule has 0 saturated heterocycles. The minimum atomic E-state index is -0.191. The summed E-state index contributed by atoms with van der Waals surface area (Å²) in [4.78, 5) is 11.9. The number of amides is 1. The molecule has 0 heterocycles. The summed E-state index contributed by atoms with van der Waals surface area (Å²) in [5.74, 6) is 1.81. The number of rotatable bonds is 7. The van der Waals surface area contributed by atoms with Gasteiger partial charge in [0.2, 0.25) is 0 Å². The molecule has 122 valence electrons. The molecule has 0 atom stereocenters. The van der Waals surface area contributed by atoms with E-state index in [2.05, 4.69) is 19.2 Å². The van der Waals surface area contributed by atoms with Gasteiger partial charge in [0.1, 0.15) is 11.5 Å². The maximum Gasteiger partial charge on any atom is 0.262 e. The first-order valence-corrected chi connectivity index (χ1v) is 7.75. The van der Waals surface area contributed by atoms with Crippen LogP contribution in [0.15, 0.2) is 48.5 Å². The fraction of sp³-hybridized carbons (Fsp3) is 0.316. The van der Waals surface area contributed by atoms with Crippen LogP contribution in [0.2, 0.25) is 0 Å². The molecule has 0 fully saturated rings. The van der Waals surface area contributed by atoms with E-state index < -0.39 is 0 Å². The van der Waals surface area contributed by atoms with Gasteiger partial charge in [-0.1, -0.05) is 32.0 Å². The smallest absolute Gasteiger partial charge is 0.262 e. The molecule has 0 spiro atoms. The van der Waals surface area contributed by atoms with E-state index in [0.29, 0.717) is 12.5 Å². The van der Waals surface area contributed by atoms with Gasteiger partial charge in [-0.05, 0) is 48.7 Å². The maximum atomic E-state index is 11.9. The van der Waals surface area contributed by atoms with Crippen molar-refractivity contribution >= 4 is 11.6 Å². The first kappa shape index (κ1) is 16.9. The second-order valence-electron chi connectivity index (χ2n) is 5.83. The van der Waals surface area contributed by atoms with Crippen molar-refractivity contribution in [2.24, 2.45) is 5.92 Å². The zero-order valence-electron chi connectivity index (χ0n) is 13.8. The summed E-state index contributed by atoms with van der Waals surface area (Å²) < 4.78 is 11.1. The number of anilines is 1. The fourth-order valence-electron chi connectivity index (χ4n) is 1.96. The van der Waals surface area contributed by atoms with Crippen molar-refractivity contribution in [2.45, 2.75) is 20.8 Å². The minimum absolute atomic E-state index is 0.0174. The highest BCUT2D eigenvalue weighted by Crippen LogP contribution is 2.18. The zero-order chi connectivity index (χ0) is 16.7. The topological polar surface area (TPSA) is 47.6 Å². The van der Waals surface area contributed by atoms with Crippen LogP contribution in [0.25, 0.3) is 0 Å². The van der Waals surface area contributed by atoms with E-state index in [9.17, 15) is 4.79 Å². The summed E-state index contributed by atoms with van der Waals surface area (Å²) in [5, 5.41) is 2.80. The summed E-state index contributed by atoms with van der Waals surface area (Å²) in [6, 6.07) is 15.0. The predicted octanol–water partition coefficient (Wildman–Crippen LogP) is 4.05. The molecule has 2 rings (SSSR count). The highest BCUT2D eigenvalue weighted by Gasteiger charge is 2.05. The molecule has 2 aromatic carbocycles. The van der Waals surface area contributed by atoms with E-state index >= 15 is 0 Å². The van der Waals surface area contributed by atoms with Gasteiger partial charge in [0.15, 0.2) is 6.61 Å². The lowest BCUT2D eigenvalue weighted by atomic mass is 10.2. The Kier molecular flexibility index (Phi) is 6.03. The van der Waals surface area contributed by atoms with E-state index in [1.807, 2.05) is 55.5 Å². The third kappa shape index (κ3) is 5.66. The van der Waals surface area contributed by atoms with E-state index in [4.69, 9.17) is 9.47 Å². The van der Waals surface area contributed by atoms with Crippen molar-refractivity contribution in [3.63, 3.8) is 0 Å². The Labute approximate surface area is 137 Å². The zero-order valence-corrected chi connectivity index (χ0v) is 13.8. The van der Waals surface area contributed by atoms with Gasteiger partial charge < -0.3 is 14.8 Å². The first-order chi connectivity index (χ1) is 11.0. The summed E-state index contributed by atoms with van der Waals surface area (Å²) in [6.07, 6.45) is 0. The van der Waals surface area contributed by atoms with Gasteiger partial charge in [0, 0.05) is 5.69 Å². The molecule has 0 aliphatic rings. The average molecular weight is 313 g/mol. The van der Waals surface area contributed by atoms with Crippen LogP contribution in [0.1, 0.15) is 19.4 Å². The molecule has 0 saturated carbocycles. The van der Waals surface area contributed by atoms with Crippen molar-refractivity contribution in [1.29, 1.82) is 0 Å². The number of carbonyl (C=O) groups excluding carboxylic acids is 1. The van der Waals surface area contributed by atoms with Crippen LogP contribution in [0, 0.1) is 12.8 Å². The fourth-order valence-corrected chi connectivity index (χ4v) is 1.96. The molecule has 23 heavy (non-hydrogen) atoms. The average Bonchev–Trinajstić information content (AvgIpc) is 2.53. The quantitative estimate of drug-likeness (QED) is 0.839. The Bertz CT molecular complexity index is 635. The van der Waals surface area contributed by atoms with Gasteiger partial charge in [0.25, 0.3) is 5.91 Å². The second-order valence-corrected chi connectivity index (χ2v) is 5.83. The van der Waals surface area contributed by atoms with Crippen LogP contribution >= 0.6 is 0 Å². The van der Waals surface area contributed by atoms with E-state index in [1.54, 1.807) is 0 Å². The highest BCUT2D eigenvalue weighted by atomic mass is 16.5. The van der Waals surface area contributed by atoms with Crippen molar-refractivity contribution in [3.05, 3.63) is 54.1 Å². The molecule has 0 unspecified atom stereocenters. The van der Waals surface area contributed by atoms with E-state index in [1.165, 1.54) is 0 Å². The third-order valence-corrected chi connectivity index (χ3v) is 3.17. The Hall–Kier alpha value is -2.49. The molecule has 2 aromatic rings. The largest absolute Gasteiger partial charge is 0.493 e. The minimum Gasteiger partial charge on any atom is -0.493 e. The van der Waals surface area contributed by atoms with Crippen molar-refractivity contribution in [1.82, 2.24) is 0 Å². The first-order valence-electron chi connectivity index (χ1n) is 7.75. The number of hydrogen-bond donors (Lipinski definition) is 1. The van der Waals surface area contributed by atoms with Gasteiger partial charge in [-0.3, -0.25) is 4.79 Å². The van der Waals surface area contributed by atoms with Gasteiger partial charge in [-0.15, -0.1) is 0 Å². The molecule has 0 aromatic heterocycles. The standard InChI is InChI=1S/C19H23NO3/c1-14(2)12-22-17-10-8-16(9-11-17)20-19(21)13-23-18-7-5-4-6-15(18)3/h4-11,14H,12-13H2,1-3H3,(H,20,21). The summed E-state index contributed by atoms with van der Waals surface area (Å²) in [7, 11) is 0. The molecule has 0 aliphatic carbocycles. The Morgan fingerprint density at radius 3 is 2.39 bits per heavy atom. The van der Waals surface area contributed by atoms with Gasteiger partial charge in [-0.25, -0.2) is 0 Å². The van der Waals surface area contributed by atoms with Crippen molar-refractivity contribution in [2.75, 3.05) is 18.5 Å². The van der Waals surface area contributed by atoms with Gasteiger partial charge in [-0.2, -0.15) is 0 Å². The molecule has 0 radical (unpaired) electrons. The third-order valence-electron chi connectivity index (χ3n) is 3.17. The number of hydrogen-bond acceptors (Lipinski definition) is 3. The highest BCUT2D eigenvalue weighted by molar-refractivity contribution is 5.91. The lowest BCUT2D eigenvalue weighted by Crippen LogP contribution is -2.20. The molecule has 0 bridgehead atoms. The van der Waals surface area contributed by atoms with E-state index in [0.717, 1.165) is 22.7 Å². The maximum absolute atomic E-state index is 11.9. The second kappa shape index (κ2) is 8.22. The molecule has 0 aliphatic heterocycles. The summed E-state index contributed by atoms with van der Waals surface area (Å²) in [5.41, 5.74) is 1.73. The number of para-hydroxylation sites is 1. The molecular weight excluding hydrogens is 290 g/mol. The van der Waals surface area contributed by atoms with Crippen LogP contribution in [-0.4, -0.2) is 19.1 Å². The number of benzene rings is 2. The van der Waals surface area contributed by atoms with Gasteiger partial charge in [0.05, 0.1) is 6.61 Å². The lowest BCUT2D eigenvalue weighted by molar-refractivity contribution is -0.118. The SMILES string of the molecule is Cc1ccccc1OCC(=O)Nc1ccc(OCC(C)C)cc1. The van der Waals surface area contributed by atoms with Gasteiger partial charge >= 0.3 is 0 Å². The number of aryl methyl sites for hydroxylation is 1. The summed E-state index contributed by atoms with van der Waals surface area (Å²) >= 11 is 0. The van der Waals surface area contributed by atoms with E-state index in [-0.39, 0.29) is 12.5 Å². The monoisotopic (exact) mass is 313 g/mol. The Morgan fingerprint density at radius 2 is 1.74 bits per heavy atom. The van der Waals surface area contributed by atoms with Crippen LogP contribution in [0.3, 0.4) is 0 Å². The van der Waals surface area contributed by atoms with Crippen LogP contribution < -0.4 is 14.8 Å². The van der Waals surface area contributed by atoms with Crippen LogP contribution in [-0.2, 0) is 4.79 Å². The molecular formula is C19H23NO3. The predicted molar refractivity (Wildman–Crippen MR) is 92.1 cm³/mol. The molecule has 4 nitrogen and oxygen atoms in total. The normalized spacial score (nSPS) is 10.4. The number of nitrogens with one attached hydrogen (secondary N) is 1.